The Morgan fingerprint density at radius 3 is 2.67 bits per heavy atom. The van der Waals surface area contributed by atoms with E-state index in [0.29, 0.717) is 19.4 Å². The molecule has 116 valence electrons. The van der Waals surface area contributed by atoms with Crippen molar-refractivity contribution in [1.29, 1.82) is 0 Å². The van der Waals surface area contributed by atoms with Crippen molar-refractivity contribution >= 4 is 11.8 Å². The molecule has 0 aliphatic carbocycles. The predicted octanol–water partition coefficient (Wildman–Crippen LogP) is 3.05. The normalized spacial score (nSPS) is 21.9. The fourth-order valence-corrected chi connectivity index (χ4v) is 2.06. The van der Waals surface area contributed by atoms with E-state index in [1.165, 1.54) is 4.90 Å². The van der Waals surface area contributed by atoms with Crippen LogP contribution in [0.5, 0.6) is 5.75 Å². The van der Waals surface area contributed by atoms with Gasteiger partial charge in [-0.1, -0.05) is 0 Å². The van der Waals surface area contributed by atoms with Gasteiger partial charge in [-0.2, -0.15) is 0 Å². The summed E-state index contributed by atoms with van der Waals surface area (Å²) >= 11 is 0. The molecule has 1 fully saturated rings. The van der Waals surface area contributed by atoms with Crippen molar-refractivity contribution in [2.75, 3.05) is 18.8 Å². The van der Waals surface area contributed by atoms with Gasteiger partial charge in [-0.25, -0.2) is 4.79 Å². The highest BCUT2D eigenvalue weighted by Crippen LogP contribution is 2.21. The van der Waals surface area contributed by atoms with Crippen molar-refractivity contribution in [2.24, 2.45) is 0 Å². The van der Waals surface area contributed by atoms with Gasteiger partial charge in [-0.05, 0) is 57.8 Å². The summed E-state index contributed by atoms with van der Waals surface area (Å²) in [6.07, 6.45) is 0.471. The lowest BCUT2D eigenvalue weighted by Gasteiger charge is -2.34. The third-order valence-electron chi connectivity index (χ3n) is 2.94. The van der Waals surface area contributed by atoms with Crippen LogP contribution < -0.4 is 10.5 Å². The number of nitrogen functional groups attached to an aromatic ring is 1. The number of amides is 1. The summed E-state index contributed by atoms with van der Waals surface area (Å²) in [5.41, 5.74) is 4.77. The fraction of sp³-hybridized carbons (Fsp3) is 0.562. The summed E-state index contributed by atoms with van der Waals surface area (Å²) in [5, 5.41) is 0. The quantitative estimate of drug-likeness (QED) is 0.852. The summed E-state index contributed by atoms with van der Waals surface area (Å²) in [6.45, 7) is 6.19. The molecule has 2 N–H and O–H groups in total. The SMILES string of the molecule is [2H]c1c([2H])c(OC2CCCN(C(=O)OC(C)(C)C)C2)c([2H])c([2H])c1N. The van der Waals surface area contributed by atoms with E-state index in [0.717, 1.165) is 0 Å². The van der Waals surface area contributed by atoms with Crippen LogP contribution in [-0.2, 0) is 4.74 Å². The molecule has 0 radical (unpaired) electrons. The smallest absolute Gasteiger partial charge is 0.410 e. The number of nitrogens with zero attached hydrogens (tertiary/aromatic N) is 1. The number of piperidine rings is 1. The maximum atomic E-state index is 12.2. The lowest BCUT2D eigenvalue weighted by molar-refractivity contribution is 0.00776. The van der Waals surface area contributed by atoms with Gasteiger partial charge < -0.3 is 20.1 Å². The Kier molecular flexibility index (Phi) is 3.20. The molecule has 0 spiro atoms. The Labute approximate surface area is 131 Å². The van der Waals surface area contributed by atoms with Crippen molar-refractivity contribution in [3.8, 4) is 5.75 Å². The number of nitrogens with two attached hydrogens (primary N) is 1. The lowest BCUT2D eigenvalue weighted by Crippen LogP contribution is -2.46. The Morgan fingerprint density at radius 2 is 2.05 bits per heavy atom. The zero-order valence-corrected chi connectivity index (χ0v) is 12.7. The molecule has 21 heavy (non-hydrogen) atoms. The van der Waals surface area contributed by atoms with Gasteiger partial charge in [-0.15, -0.1) is 0 Å². The van der Waals surface area contributed by atoms with Crippen LogP contribution in [0.3, 0.4) is 0 Å². The molecule has 1 heterocycles. The molecule has 0 bridgehead atoms. The molecule has 5 heteroatoms. The molecule has 5 nitrogen and oxygen atoms in total. The number of carbonyl (C=O) groups is 1. The molecule has 1 unspecified atom stereocenters. The average Bonchev–Trinajstić information content (AvgIpc) is 2.54. The average molecular weight is 296 g/mol. The van der Waals surface area contributed by atoms with Crippen LogP contribution in [0.25, 0.3) is 0 Å². The number of hydrogen-bond acceptors (Lipinski definition) is 4. The molecular formula is C16H24N2O3. The van der Waals surface area contributed by atoms with Crippen molar-refractivity contribution in [1.82, 2.24) is 4.90 Å². The summed E-state index contributed by atoms with van der Waals surface area (Å²) in [5.74, 6) is -0.139. The van der Waals surface area contributed by atoms with E-state index in [9.17, 15) is 4.79 Å². The van der Waals surface area contributed by atoms with Crippen LogP contribution in [0, 0.1) is 0 Å². The molecule has 1 saturated heterocycles. The van der Waals surface area contributed by atoms with Crippen LogP contribution in [0.1, 0.15) is 39.1 Å². The van der Waals surface area contributed by atoms with Gasteiger partial charge in [-0.3, -0.25) is 0 Å². The van der Waals surface area contributed by atoms with Gasteiger partial charge in [0.2, 0.25) is 0 Å². The molecule has 1 aliphatic heterocycles. The van der Waals surface area contributed by atoms with Gasteiger partial charge in [0.25, 0.3) is 0 Å². The molecule has 0 saturated carbocycles. The molecule has 0 aromatic heterocycles. The van der Waals surface area contributed by atoms with E-state index >= 15 is 0 Å². The summed E-state index contributed by atoms with van der Waals surface area (Å²) in [4.78, 5) is 13.7. The zero-order valence-electron chi connectivity index (χ0n) is 16.7. The van der Waals surface area contributed by atoms with E-state index in [-0.39, 0.29) is 42.2 Å². The fourth-order valence-electron chi connectivity index (χ4n) is 2.06. The Bertz CT molecular complexity index is 647. The number of hydrogen-bond donors (Lipinski definition) is 1. The van der Waals surface area contributed by atoms with Gasteiger partial charge in [0.1, 0.15) is 17.5 Å². The second-order valence-corrected chi connectivity index (χ2v) is 6.05. The van der Waals surface area contributed by atoms with Crippen LogP contribution in [0.2, 0.25) is 0 Å². The van der Waals surface area contributed by atoms with Gasteiger partial charge >= 0.3 is 6.09 Å². The molecule has 1 aliphatic rings. The number of anilines is 1. The third kappa shape index (κ3) is 4.85. The minimum absolute atomic E-state index is 0.139. The minimum atomic E-state index is -0.592. The highest BCUT2D eigenvalue weighted by Gasteiger charge is 2.28. The first-order chi connectivity index (χ1) is 11.5. The highest BCUT2D eigenvalue weighted by atomic mass is 16.6. The standard InChI is InChI=1S/C16H24N2O3/c1-16(2,3)21-15(19)18-10-4-5-14(11-18)20-13-8-6-12(17)7-9-13/h6-9,14H,4-5,10-11,17H2,1-3H3/i6D,7D,8D,9D. The number of carbonyl (C=O) groups excluding carboxylic acids is 1. The first-order valence-electron chi connectivity index (χ1n) is 9.01. The van der Waals surface area contributed by atoms with Crippen molar-refractivity contribution < 1.29 is 19.8 Å². The predicted molar refractivity (Wildman–Crippen MR) is 82.3 cm³/mol. The highest BCUT2D eigenvalue weighted by molar-refractivity contribution is 5.68. The van der Waals surface area contributed by atoms with Crippen molar-refractivity contribution in [3.63, 3.8) is 0 Å². The van der Waals surface area contributed by atoms with Gasteiger partial charge in [0, 0.05) is 12.2 Å². The minimum Gasteiger partial charge on any atom is -0.489 e. The summed E-state index contributed by atoms with van der Waals surface area (Å²) in [6, 6.07) is -1.27. The molecule has 1 aromatic carbocycles. The number of rotatable bonds is 2. The Balaban J connectivity index is 2.15. The summed E-state index contributed by atoms with van der Waals surface area (Å²) in [7, 11) is 0. The molecule has 1 atom stereocenters. The molecule has 1 amide bonds. The first-order valence-corrected chi connectivity index (χ1v) is 7.01. The van der Waals surface area contributed by atoms with E-state index in [1.807, 2.05) is 0 Å². The number of likely N-dealkylation sites (tertiary alicyclic amines) is 1. The van der Waals surface area contributed by atoms with Crippen molar-refractivity contribution in [2.45, 2.75) is 45.3 Å². The van der Waals surface area contributed by atoms with Crippen LogP contribution >= 0.6 is 0 Å². The number of ether oxygens (including phenoxy) is 2. The molecule has 1 aromatic rings. The zero-order chi connectivity index (χ0) is 18.9. The van der Waals surface area contributed by atoms with Gasteiger partial charge in [0.05, 0.1) is 12.0 Å². The first kappa shape index (κ1) is 10.8. The number of benzene rings is 1. The van der Waals surface area contributed by atoms with E-state index in [2.05, 4.69) is 0 Å². The molecular weight excluding hydrogens is 268 g/mol. The van der Waals surface area contributed by atoms with Crippen LogP contribution in [0.15, 0.2) is 24.2 Å². The second kappa shape index (κ2) is 6.24. The second-order valence-electron chi connectivity index (χ2n) is 6.05. The Morgan fingerprint density at radius 1 is 1.38 bits per heavy atom. The lowest BCUT2D eigenvalue weighted by atomic mass is 10.1. The summed E-state index contributed by atoms with van der Waals surface area (Å²) < 4.78 is 42.5. The van der Waals surface area contributed by atoms with Crippen LogP contribution in [-0.4, -0.2) is 35.8 Å². The maximum absolute atomic E-state index is 12.2. The van der Waals surface area contributed by atoms with E-state index < -0.39 is 17.8 Å². The largest absolute Gasteiger partial charge is 0.489 e. The van der Waals surface area contributed by atoms with Gasteiger partial charge in [0.15, 0.2) is 0 Å². The third-order valence-corrected chi connectivity index (χ3v) is 2.94. The van der Waals surface area contributed by atoms with E-state index in [4.69, 9.17) is 20.7 Å². The van der Waals surface area contributed by atoms with Crippen LogP contribution in [0.4, 0.5) is 10.5 Å². The Hall–Kier alpha value is -1.91. The maximum Gasteiger partial charge on any atom is 0.410 e. The van der Waals surface area contributed by atoms with E-state index in [1.54, 1.807) is 20.8 Å². The topological polar surface area (TPSA) is 64.8 Å². The monoisotopic (exact) mass is 296 g/mol. The van der Waals surface area contributed by atoms with Crippen molar-refractivity contribution in [3.05, 3.63) is 24.2 Å². The molecule has 2 rings (SSSR count).